The van der Waals surface area contributed by atoms with Crippen molar-refractivity contribution in [1.29, 1.82) is 0 Å². The molecule has 2 heterocycles. The number of nitrogens with two attached hydrogens (primary N) is 1. The van der Waals surface area contributed by atoms with Crippen LogP contribution in [0.5, 0.6) is 0 Å². The summed E-state index contributed by atoms with van der Waals surface area (Å²) in [4.78, 5) is 14.8. The van der Waals surface area contributed by atoms with E-state index < -0.39 is 0 Å². The molecular formula is C12H15BrN2OS. The lowest BCUT2D eigenvalue weighted by Crippen LogP contribution is -2.28. The van der Waals surface area contributed by atoms with Gasteiger partial charge in [0.05, 0.1) is 0 Å². The van der Waals surface area contributed by atoms with Crippen LogP contribution in [0.3, 0.4) is 0 Å². The van der Waals surface area contributed by atoms with E-state index in [1.165, 1.54) is 0 Å². The lowest BCUT2D eigenvalue weighted by molar-refractivity contribution is -0.125. The van der Waals surface area contributed by atoms with E-state index in [1.807, 2.05) is 22.4 Å². The predicted molar refractivity (Wildman–Crippen MR) is 74.8 cm³/mol. The largest absolute Gasteiger partial charge is 0.339 e. The Hall–Kier alpha value is -0.650. The molecule has 1 aliphatic heterocycles. The Balaban J connectivity index is 1.91. The van der Waals surface area contributed by atoms with Gasteiger partial charge in [-0.2, -0.15) is 0 Å². The van der Waals surface area contributed by atoms with Gasteiger partial charge in [-0.15, -0.1) is 11.3 Å². The summed E-state index contributed by atoms with van der Waals surface area (Å²) < 4.78 is 1.05. The number of thiophene rings is 1. The number of hydrogen-bond donors (Lipinski definition) is 1. The van der Waals surface area contributed by atoms with Crippen LogP contribution in [0.4, 0.5) is 0 Å². The monoisotopic (exact) mass is 314 g/mol. The molecule has 2 rings (SSSR count). The molecule has 1 fully saturated rings. The van der Waals surface area contributed by atoms with Gasteiger partial charge in [0.2, 0.25) is 5.91 Å². The lowest BCUT2D eigenvalue weighted by Gasteiger charge is -2.13. The molecule has 1 amide bonds. The average Bonchev–Trinajstić information content (AvgIpc) is 2.94. The molecule has 0 aliphatic carbocycles. The van der Waals surface area contributed by atoms with Crippen molar-refractivity contribution in [2.24, 2.45) is 11.7 Å². The molecule has 0 aromatic carbocycles. The molecule has 0 saturated carbocycles. The minimum atomic E-state index is 0.0884. The Morgan fingerprint density at radius 1 is 1.71 bits per heavy atom. The molecule has 1 unspecified atom stereocenters. The second kappa shape index (κ2) is 5.80. The van der Waals surface area contributed by atoms with Gasteiger partial charge in [0.15, 0.2) is 0 Å². The molecule has 0 spiro atoms. The van der Waals surface area contributed by atoms with E-state index in [9.17, 15) is 4.79 Å². The summed E-state index contributed by atoms with van der Waals surface area (Å²) in [5.41, 5.74) is 5.60. The zero-order valence-electron chi connectivity index (χ0n) is 9.43. The summed E-state index contributed by atoms with van der Waals surface area (Å²) in [6.07, 6.45) is 4.55. The highest BCUT2D eigenvalue weighted by molar-refractivity contribution is 9.10. The standard InChI is InChI=1S/C12H15BrN2OS/c13-10-5-11(17-8-10)1-2-12(16)15-4-3-9(6-14)7-15/h1-2,5,8-9H,3-4,6-7,14H2. The first-order chi connectivity index (χ1) is 8.19. The number of nitrogens with zero attached hydrogens (tertiary/aromatic N) is 1. The molecule has 1 aliphatic rings. The van der Waals surface area contributed by atoms with Crippen LogP contribution in [0.1, 0.15) is 11.3 Å². The molecule has 17 heavy (non-hydrogen) atoms. The normalized spacial score (nSPS) is 20.4. The van der Waals surface area contributed by atoms with Gasteiger partial charge < -0.3 is 10.6 Å². The number of amides is 1. The second-order valence-corrected chi connectivity index (χ2v) is 6.03. The van der Waals surface area contributed by atoms with E-state index in [-0.39, 0.29) is 5.91 Å². The third kappa shape index (κ3) is 3.40. The van der Waals surface area contributed by atoms with Crippen LogP contribution >= 0.6 is 27.3 Å². The Morgan fingerprint density at radius 2 is 2.53 bits per heavy atom. The van der Waals surface area contributed by atoms with Crippen LogP contribution in [0.25, 0.3) is 6.08 Å². The van der Waals surface area contributed by atoms with Crippen LogP contribution in [0.15, 0.2) is 22.0 Å². The molecular weight excluding hydrogens is 300 g/mol. The number of likely N-dealkylation sites (tertiary alicyclic amines) is 1. The van der Waals surface area contributed by atoms with Gasteiger partial charge in [-0.05, 0) is 47.0 Å². The van der Waals surface area contributed by atoms with Crippen molar-refractivity contribution in [3.63, 3.8) is 0 Å². The maximum Gasteiger partial charge on any atom is 0.246 e. The SMILES string of the molecule is NCC1CCN(C(=O)C=Cc2cc(Br)cs2)C1. The first-order valence-electron chi connectivity index (χ1n) is 5.60. The molecule has 0 bridgehead atoms. The first kappa shape index (κ1) is 12.8. The fourth-order valence-corrected chi connectivity index (χ4v) is 3.24. The zero-order chi connectivity index (χ0) is 12.3. The van der Waals surface area contributed by atoms with E-state index >= 15 is 0 Å². The van der Waals surface area contributed by atoms with Crippen LogP contribution in [0, 0.1) is 5.92 Å². The highest BCUT2D eigenvalue weighted by Crippen LogP contribution is 2.21. The van der Waals surface area contributed by atoms with E-state index in [2.05, 4.69) is 15.9 Å². The molecule has 1 aromatic heterocycles. The summed E-state index contributed by atoms with van der Waals surface area (Å²) in [5, 5.41) is 2.00. The van der Waals surface area contributed by atoms with E-state index in [1.54, 1.807) is 17.4 Å². The molecule has 92 valence electrons. The van der Waals surface area contributed by atoms with Gasteiger partial charge in [-0.3, -0.25) is 4.79 Å². The quantitative estimate of drug-likeness (QED) is 0.870. The molecule has 1 saturated heterocycles. The van der Waals surface area contributed by atoms with Crippen LogP contribution < -0.4 is 5.73 Å². The Morgan fingerprint density at radius 3 is 3.12 bits per heavy atom. The number of carbonyl (C=O) groups excluding carboxylic acids is 1. The maximum absolute atomic E-state index is 11.9. The third-order valence-corrected chi connectivity index (χ3v) is 4.57. The molecule has 1 aromatic rings. The summed E-state index contributed by atoms with van der Waals surface area (Å²) >= 11 is 5.00. The molecule has 5 heteroatoms. The fraction of sp³-hybridized carbons (Fsp3) is 0.417. The van der Waals surface area contributed by atoms with E-state index in [0.717, 1.165) is 28.9 Å². The minimum Gasteiger partial charge on any atom is -0.339 e. The van der Waals surface area contributed by atoms with Gasteiger partial charge in [-0.25, -0.2) is 0 Å². The van der Waals surface area contributed by atoms with Crippen molar-refractivity contribution in [3.8, 4) is 0 Å². The Labute approximate surface area is 113 Å². The van der Waals surface area contributed by atoms with Gasteiger partial charge in [0.1, 0.15) is 0 Å². The highest BCUT2D eigenvalue weighted by Gasteiger charge is 2.23. The minimum absolute atomic E-state index is 0.0884. The van der Waals surface area contributed by atoms with Gasteiger partial charge in [0, 0.05) is 33.9 Å². The Kier molecular flexibility index (Phi) is 4.36. The van der Waals surface area contributed by atoms with E-state index in [0.29, 0.717) is 12.5 Å². The summed E-state index contributed by atoms with van der Waals surface area (Å²) in [7, 11) is 0. The zero-order valence-corrected chi connectivity index (χ0v) is 11.8. The van der Waals surface area contributed by atoms with Gasteiger partial charge in [-0.1, -0.05) is 0 Å². The highest BCUT2D eigenvalue weighted by atomic mass is 79.9. The van der Waals surface area contributed by atoms with Crippen molar-refractivity contribution >= 4 is 39.2 Å². The van der Waals surface area contributed by atoms with Crippen molar-refractivity contribution in [1.82, 2.24) is 4.90 Å². The van der Waals surface area contributed by atoms with Crippen LogP contribution in [0.2, 0.25) is 0 Å². The topological polar surface area (TPSA) is 46.3 Å². The molecule has 2 N–H and O–H groups in total. The Bertz CT molecular complexity index is 430. The first-order valence-corrected chi connectivity index (χ1v) is 7.27. The number of halogens is 1. The smallest absolute Gasteiger partial charge is 0.246 e. The van der Waals surface area contributed by atoms with Gasteiger partial charge >= 0.3 is 0 Å². The number of carbonyl (C=O) groups is 1. The van der Waals surface area contributed by atoms with Crippen molar-refractivity contribution in [2.75, 3.05) is 19.6 Å². The van der Waals surface area contributed by atoms with Crippen molar-refractivity contribution < 1.29 is 4.79 Å². The lowest BCUT2D eigenvalue weighted by atomic mass is 10.1. The van der Waals surface area contributed by atoms with E-state index in [4.69, 9.17) is 5.73 Å². The third-order valence-electron chi connectivity index (χ3n) is 2.91. The van der Waals surface area contributed by atoms with Crippen LogP contribution in [-0.2, 0) is 4.79 Å². The summed E-state index contributed by atoms with van der Waals surface area (Å²) in [6.45, 7) is 2.30. The molecule has 0 radical (unpaired) electrons. The number of rotatable bonds is 3. The average molecular weight is 315 g/mol. The fourth-order valence-electron chi connectivity index (χ4n) is 1.90. The second-order valence-electron chi connectivity index (χ2n) is 4.18. The summed E-state index contributed by atoms with van der Waals surface area (Å²) in [5.74, 6) is 0.564. The van der Waals surface area contributed by atoms with Crippen molar-refractivity contribution in [3.05, 3.63) is 26.9 Å². The van der Waals surface area contributed by atoms with Gasteiger partial charge in [0.25, 0.3) is 0 Å². The molecule has 1 atom stereocenters. The summed E-state index contributed by atoms with van der Waals surface area (Å²) in [6, 6.07) is 2.00. The van der Waals surface area contributed by atoms with Crippen LogP contribution in [-0.4, -0.2) is 30.4 Å². The van der Waals surface area contributed by atoms with Crippen molar-refractivity contribution in [2.45, 2.75) is 6.42 Å². The maximum atomic E-state index is 11.9. The number of hydrogen-bond acceptors (Lipinski definition) is 3. The molecule has 3 nitrogen and oxygen atoms in total. The predicted octanol–water partition coefficient (Wildman–Crippen LogP) is 2.33.